The second-order valence-electron chi connectivity index (χ2n) is 5.34. The molecule has 0 amide bonds. The Kier molecular flexibility index (Phi) is 5.27. The van der Waals surface area contributed by atoms with Crippen LogP contribution in [0.15, 0.2) is 49.1 Å². The summed E-state index contributed by atoms with van der Waals surface area (Å²) in [6, 6.07) is 11.2. The van der Waals surface area contributed by atoms with Gasteiger partial charge in [-0.15, -0.1) is 11.3 Å². The number of ether oxygens (including phenoxy) is 1. The fraction of sp³-hybridized carbons (Fsp3) is 0.235. The minimum absolute atomic E-state index is 0.264. The van der Waals surface area contributed by atoms with Crippen molar-refractivity contribution in [3.63, 3.8) is 0 Å². The number of halogens is 1. The van der Waals surface area contributed by atoms with Crippen LogP contribution in [0.1, 0.15) is 21.4 Å². The molecule has 1 atom stereocenters. The predicted molar refractivity (Wildman–Crippen MR) is 93.1 cm³/mol. The van der Waals surface area contributed by atoms with Crippen LogP contribution in [0.5, 0.6) is 0 Å². The average Bonchev–Trinajstić information content (AvgIpc) is 3.19. The molecule has 5 nitrogen and oxygen atoms in total. The lowest BCUT2D eigenvalue weighted by molar-refractivity contribution is -0.149. The third-order valence-corrected chi connectivity index (χ3v) is 4.70. The fourth-order valence-electron chi connectivity index (χ4n) is 2.31. The summed E-state index contributed by atoms with van der Waals surface area (Å²) in [5.74, 6) is -0.267. The van der Waals surface area contributed by atoms with Crippen molar-refractivity contribution in [3.05, 3.63) is 69.4 Å². The van der Waals surface area contributed by atoms with E-state index in [0.29, 0.717) is 11.6 Å². The SMILES string of the molecule is Cc1ccc(CC(=O)OC(Cn2cncn2)c2ccc(Cl)cc2)s1. The van der Waals surface area contributed by atoms with Gasteiger partial charge in [0.1, 0.15) is 18.8 Å². The summed E-state index contributed by atoms with van der Waals surface area (Å²) in [7, 11) is 0. The van der Waals surface area contributed by atoms with Crippen LogP contribution < -0.4 is 0 Å². The zero-order valence-corrected chi connectivity index (χ0v) is 14.6. The molecule has 0 radical (unpaired) electrons. The first-order valence-corrected chi connectivity index (χ1v) is 8.62. The summed E-state index contributed by atoms with van der Waals surface area (Å²) in [5, 5.41) is 4.72. The van der Waals surface area contributed by atoms with Crippen LogP contribution in [0.3, 0.4) is 0 Å². The van der Waals surface area contributed by atoms with Gasteiger partial charge in [0.15, 0.2) is 0 Å². The second kappa shape index (κ2) is 7.59. The van der Waals surface area contributed by atoms with E-state index in [9.17, 15) is 4.79 Å². The summed E-state index contributed by atoms with van der Waals surface area (Å²) in [6.07, 6.45) is 2.87. The standard InChI is InChI=1S/C17H16ClN3O2S/c1-12-2-7-15(24-12)8-17(22)23-16(9-21-11-19-10-20-21)13-3-5-14(18)6-4-13/h2-7,10-11,16H,8-9H2,1H3. The summed E-state index contributed by atoms with van der Waals surface area (Å²) in [4.78, 5) is 18.4. The summed E-state index contributed by atoms with van der Waals surface area (Å²) in [5.41, 5.74) is 0.866. The highest BCUT2D eigenvalue weighted by atomic mass is 35.5. The van der Waals surface area contributed by atoms with Crippen molar-refractivity contribution < 1.29 is 9.53 Å². The molecule has 1 aromatic carbocycles. The van der Waals surface area contributed by atoms with Crippen molar-refractivity contribution in [1.82, 2.24) is 14.8 Å². The molecule has 124 valence electrons. The minimum atomic E-state index is -0.447. The van der Waals surface area contributed by atoms with E-state index in [1.165, 1.54) is 11.2 Å². The lowest BCUT2D eigenvalue weighted by atomic mass is 10.1. The number of rotatable bonds is 6. The molecule has 0 fully saturated rings. The molecule has 0 spiro atoms. The Morgan fingerprint density at radius 3 is 2.71 bits per heavy atom. The van der Waals surface area contributed by atoms with Crippen LogP contribution in [0.4, 0.5) is 0 Å². The molecule has 0 aliphatic rings. The first kappa shape index (κ1) is 16.7. The van der Waals surface area contributed by atoms with Crippen LogP contribution in [0.25, 0.3) is 0 Å². The monoisotopic (exact) mass is 361 g/mol. The van der Waals surface area contributed by atoms with Gasteiger partial charge in [-0.2, -0.15) is 5.10 Å². The summed E-state index contributed by atoms with van der Waals surface area (Å²) in [6.45, 7) is 2.41. The highest BCUT2D eigenvalue weighted by Crippen LogP contribution is 2.23. The van der Waals surface area contributed by atoms with Crippen molar-refractivity contribution >= 4 is 28.9 Å². The number of carbonyl (C=O) groups excluding carboxylic acids is 1. The molecule has 0 aliphatic heterocycles. The van der Waals surface area contributed by atoms with E-state index in [2.05, 4.69) is 10.1 Å². The van der Waals surface area contributed by atoms with Crippen LogP contribution in [-0.2, 0) is 22.5 Å². The van der Waals surface area contributed by atoms with Crippen molar-refractivity contribution in [3.8, 4) is 0 Å². The molecule has 0 saturated carbocycles. The molecule has 1 unspecified atom stereocenters. The lowest BCUT2D eigenvalue weighted by Gasteiger charge is -2.18. The molecular formula is C17H16ClN3O2S. The normalized spacial score (nSPS) is 12.1. The van der Waals surface area contributed by atoms with E-state index in [0.717, 1.165) is 10.4 Å². The quantitative estimate of drug-likeness (QED) is 0.626. The molecule has 0 aliphatic carbocycles. The molecule has 0 saturated heterocycles. The van der Waals surface area contributed by atoms with E-state index < -0.39 is 6.10 Å². The number of carbonyl (C=O) groups is 1. The van der Waals surface area contributed by atoms with Crippen molar-refractivity contribution in [2.75, 3.05) is 0 Å². The van der Waals surface area contributed by atoms with Crippen LogP contribution in [-0.4, -0.2) is 20.7 Å². The van der Waals surface area contributed by atoms with Crippen LogP contribution in [0.2, 0.25) is 5.02 Å². The van der Waals surface area contributed by atoms with Gasteiger partial charge >= 0.3 is 5.97 Å². The highest BCUT2D eigenvalue weighted by molar-refractivity contribution is 7.12. The third-order valence-electron chi connectivity index (χ3n) is 3.45. The zero-order chi connectivity index (χ0) is 16.9. The fourth-order valence-corrected chi connectivity index (χ4v) is 3.31. The van der Waals surface area contributed by atoms with E-state index >= 15 is 0 Å². The first-order valence-electron chi connectivity index (χ1n) is 7.43. The molecule has 2 aromatic heterocycles. The van der Waals surface area contributed by atoms with Gasteiger partial charge in [0.05, 0.1) is 13.0 Å². The number of benzene rings is 1. The van der Waals surface area contributed by atoms with E-state index in [1.54, 1.807) is 34.5 Å². The zero-order valence-electron chi connectivity index (χ0n) is 13.1. The van der Waals surface area contributed by atoms with Gasteiger partial charge in [-0.1, -0.05) is 23.7 Å². The maximum atomic E-state index is 12.3. The van der Waals surface area contributed by atoms with Crippen LogP contribution in [0, 0.1) is 6.92 Å². The Morgan fingerprint density at radius 1 is 1.29 bits per heavy atom. The van der Waals surface area contributed by atoms with Gasteiger partial charge in [0.25, 0.3) is 0 Å². The van der Waals surface area contributed by atoms with Gasteiger partial charge in [0, 0.05) is 14.8 Å². The Hall–Kier alpha value is -2.18. The largest absolute Gasteiger partial charge is 0.455 e. The van der Waals surface area contributed by atoms with Gasteiger partial charge in [-0.3, -0.25) is 4.79 Å². The maximum absolute atomic E-state index is 12.3. The lowest BCUT2D eigenvalue weighted by Crippen LogP contribution is -2.18. The molecule has 2 heterocycles. The Morgan fingerprint density at radius 2 is 2.08 bits per heavy atom. The van der Waals surface area contributed by atoms with E-state index in [4.69, 9.17) is 16.3 Å². The number of hydrogen-bond acceptors (Lipinski definition) is 5. The van der Waals surface area contributed by atoms with E-state index in [1.807, 2.05) is 31.2 Å². The second-order valence-corrected chi connectivity index (χ2v) is 7.15. The molecule has 0 N–H and O–H groups in total. The third kappa shape index (κ3) is 4.43. The number of nitrogens with zero attached hydrogens (tertiary/aromatic N) is 3. The van der Waals surface area contributed by atoms with Gasteiger partial charge in [-0.25, -0.2) is 9.67 Å². The Bertz CT molecular complexity index is 800. The number of aryl methyl sites for hydroxylation is 1. The topological polar surface area (TPSA) is 57.0 Å². The molecule has 24 heavy (non-hydrogen) atoms. The summed E-state index contributed by atoms with van der Waals surface area (Å²) < 4.78 is 7.34. The van der Waals surface area contributed by atoms with Crippen LogP contribution >= 0.6 is 22.9 Å². The smallest absolute Gasteiger partial charge is 0.311 e. The average molecular weight is 362 g/mol. The van der Waals surface area contributed by atoms with Crippen molar-refractivity contribution in [1.29, 1.82) is 0 Å². The molecule has 0 bridgehead atoms. The minimum Gasteiger partial charge on any atom is -0.455 e. The number of esters is 1. The Labute approximate surface area is 148 Å². The van der Waals surface area contributed by atoms with Crippen molar-refractivity contribution in [2.24, 2.45) is 0 Å². The highest BCUT2D eigenvalue weighted by Gasteiger charge is 2.19. The molecular weight excluding hydrogens is 346 g/mol. The predicted octanol–water partition coefficient (Wildman–Crippen LogP) is 3.83. The number of aromatic nitrogens is 3. The maximum Gasteiger partial charge on any atom is 0.311 e. The van der Waals surface area contributed by atoms with Gasteiger partial charge in [-0.05, 0) is 36.8 Å². The van der Waals surface area contributed by atoms with E-state index in [-0.39, 0.29) is 12.4 Å². The Balaban J connectivity index is 1.73. The molecule has 3 aromatic rings. The molecule has 7 heteroatoms. The first-order chi connectivity index (χ1) is 11.6. The van der Waals surface area contributed by atoms with Gasteiger partial charge in [0.2, 0.25) is 0 Å². The number of thiophene rings is 1. The summed E-state index contributed by atoms with van der Waals surface area (Å²) >= 11 is 7.54. The molecule has 3 rings (SSSR count). The van der Waals surface area contributed by atoms with Crippen molar-refractivity contribution in [2.45, 2.75) is 26.0 Å². The number of hydrogen-bond donors (Lipinski definition) is 0. The van der Waals surface area contributed by atoms with Gasteiger partial charge < -0.3 is 4.74 Å².